The Balaban J connectivity index is 1.80. The van der Waals surface area contributed by atoms with Gasteiger partial charge in [-0.3, -0.25) is 9.59 Å². The molecular formula is C22H27FIN3O5. The van der Waals surface area contributed by atoms with Crippen LogP contribution in [0.15, 0.2) is 35.3 Å². The maximum absolute atomic E-state index is 14.3. The van der Waals surface area contributed by atoms with Gasteiger partial charge in [0.05, 0.1) is 23.5 Å². The highest BCUT2D eigenvalue weighted by atomic mass is 127. The third-order valence-electron chi connectivity index (χ3n) is 4.97. The fourth-order valence-electron chi connectivity index (χ4n) is 3.27. The van der Waals surface area contributed by atoms with Crippen LogP contribution in [0.25, 0.3) is 0 Å². The number of amides is 1. The Morgan fingerprint density at radius 3 is 2.88 bits per heavy atom. The van der Waals surface area contributed by atoms with Crippen molar-refractivity contribution < 1.29 is 23.8 Å². The third kappa shape index (κ3) is 6.99. The van der Waals surface area contributed by atoms with E-state index in [9.17, 15) is 14.0 Å². The van der Waals surface area contributed by atoms with Gasteiger partial charge in [-0.15, -0.1) is 0 Å². The molecule has 0 spiro atoms. The molecule has 2 aromatic rings. The van der Waals surface area contributed by atoms with Crippen LogP contribution in [-0.2, 0) is 16.0 Å². The number of aliphatic hydroxyl groups excluding tert-OH is 1. The van der Waals surface area contributed by atoms with Crippen LogP contribution in [-0.4, -0.2) is 48.2 Å². The number of carbonyl (C=O) groups is 1. The van der Waals surface area contributed by atoms with E-state index in [0.29, 0.717) is 13.0 Å². The van der Waals surface area contributed by atoms with Crippen molar-refractivity contribution in [2.45, 2.75) is 38.5 Å². The maximum atomic E-state index is 14.3. The number of aromatic nitrogens is 1. The topological polar surface area (TPSA) is 102 Å². The number of hydrogen-bond donors (Lipinski definition) is 3. The number of rotatable bonds is 10. The summed E-state index contributed by atoms with van der Waals surface area (Å²) in [6, 6.07) is 5.90. The summed E-state index contributed by atoms with van der Waals surface area (Å²) in [5.74, 6) is -0.925. The molecule has 1 aliphatic heterocycles. The minimum atomic E-state index is -0.492. The molecule has 174 valence electrons. The molecule has 3 N–H and O–H groups in total. The van der Waals surface area contributed by atoms with Crippen molar-refractivity contribution in [3.05, 3.63) is 55.8 Å². The number of carbonyl (C=O) groups excluding carboxylic acids is 1. The van der Waals surface area contributed by atoms with Crippen molar-refractivity contribution >= 4 is 39.9 Å². The number of benzene rings is 1. The lowest BCUT2D eigenvalue weighted by molar-refractivity contribution is -0.163. The Morgan fingerprint density at radius 1 is 1.31 bits per heavy atom. The Kier molecular flexibility index (Phi) is 9.45. The lowest BCUT2D eigenvalue weighted by Crippen LogP contribution is -2.30. The molecule has 0 bridgehead atoms. The zero-order chi connectivity index (χ0) is 22.9. The van der Waals surface area contributed by atoms with Crippen molar-refractivity contribution in [2.75, 3.05) is 31.7 Å². The number of hydrogen-bond acceptors (Lipinski definition) is 6. The molecule has 0 radical (unpaired) electrons. The summed E-state index contributed by atoms with van der Waals surface area (Å²) >= 11 is 2.00. The molecule has 3 rings (SSSR count). The second-order valence-electron chi connectivity index (χ2n) is 7.38. The minimum absolute atomic E-state index is 0.0562. The van der Waals surface area contributed by atoms with E-state index >= 15 is 0 Å². The maximum Gasteiger partial charge on any atom is 0.254 e. The standard InChI is InChI=1S/C22H27FIN3O5/c23-17-12-15(24)5-6-18(17)26-19-13-20(29)27(8-11-32-21-4-1-2-10-31-21)14-16(19)22(30)25-7-3-9-28/h5-6,12-14,21,26,28H,1-4,7-11H2,(H,25,30). The Labute approximate surface area is 199 Å². The third-order valence-corrected chi connectivity index (χ3v) is 5.64. The fourth-order valence-corrected chi connectivity index (χ4v) is 3.72. The quantitative estimate of drug-likeness (QED) is 0.306. The number of ether oxygens (including phenoxy) is 2. The van der Waals surface area contributed by atoms with Crippen LogP contribution in [0.1, 0.15) is 36.0 Å². The zero-order valence-corrected chi connectivity index (χ0v) is 19.8. The van der Waals surface area contributed by atoms with Gasteiger partial charge in [0.1, 0.15) is 5.82 Å². The van der Waals surface area contributed by atoms with Crippen LogP contribution in [0.3, 0.4) is 0 Å². The number of halogens is 2. The van der Waals surface area contributed by atoms with Crippen molar-refractivity contribution in [3.8, 4) is 0 Å². The molecule has 32 heavy (non-hydrogen) atoms. The summed E-state index contributed by atoms with van der Waals surface area (Å²) in [6.45, 7) is 1.38. The normalized spacial score (nSPS) is 16.0. The zero-order valence-electron chi connectivity index (χ0n) is 17.6. The first-order valence-corrected chi connectivity index (χ1v) is 11.6. The second kappa shape index (κ2) is 12.3. The summed E-state index contributed by atoms with van der Waals surface area (Å²) in [5, 5.41) is 14.5. The first-order valence-electron chi connectivity index (χ1n) is 10.6. The predicted molar refractivity (Wildman–Crippen MR) is 127 cm³/mol. The smallest absolute Gasteiger partial charge is 0.254 e. The number of pyridine rings is 1. The lowest BCUT2D eigenvalue weighted by atomic mass is 10.2. The van der Waals surface area contributed by atoms with Gasteiger partial charge in [0.2, 0.25) is 0 Å². The highest BCUT2D eigenvalue weighted by Gasteiger charge is 2.17. The summed E-state index contributed by atoms with van der Waals surface area (Å²) in [5.41, 5.74) is 0.196. The van der Waals surface area contributed by atoms with Crippen molar-refractivity contribution in [1.82, 2.24) is 9.88 Å². The van der Waals surface area contributed by atoms with E-state index in [1.54, 1.807) is 12.1 Å². The van der Waals surface area contributed by atoms with Gasteiger partial charge in [0, 0.05) is 42.1 Å². The first kappa shape index (κ1) is 24.6. The highest BCUT2D eigenvalue weighted by molar-refractivity contribution is 14.1. The van der Waals surface area contributed by atoms with Gasteiger partial charge in [0.25, 0.3) is 11.5 Å². The number of nitrogens with one attached hydrogen (secondary N) is 2. The van der Waals surface area contributed by atoms with Crippen LogP contribution in [0.4, 0.5) is 15.8 Å². The monoisotopic (exact) mass is 559 g/mol. The van der Waals surface area contributed by atoms with Crippen LogP contribution in [0.2, 0.25) is 0 Å². The van der Waals surface area contributed by atoms with E-state index in [4.69, 9.17) is 14.6 Å². The molecule has 0 saturated carbocycles. The molecule has 1 aromatic heterocycles. The van der Waals surface area contributed by atoms with Gasteiger partial charge in [-0.25, -0.2) is 4.39 Å². The molecule has 2 heterocycles. The molecule has 1 unspecified atom stereocenters. The molecule has 1 aromatic carbocycles. The molecule has 10 heteroatoms. The van der Waals surface area contributed by atoms with Crippen LogP contribution in [0, 0.1) is 9.39 Å². The number of nitrogens with zero attached hydrogens (tertiary/aromatic N) is 1. The molecule has 1 aliphatic rings. The van der Waals surface area contributed by atoms with E-state index in [1.165, 1.54) is 22.9 Å². The first-order chi connectivity index (χ1) is 15.5. The predicted octanol–water partition coefficient (Wildman–Crippen LogP) is 2.99. The highest BCUT2D eigenvalue weighted by Crippen LogP contribution is 2.24. The van der Waals surface area contributed by atoms with Crippen molar-refractivity contribution in [3.63, 3.8) is 0 Å². The molecule has 1 amide bonds. The molecular weight excluding hydrogens is 532 g/mol. The second-order valence-corrected chi connectivity index (χ2v) is 8.63. The average Bonchev–Trinajstić information content (AvgIpc) is 2.78. The van der Waals surface area contributed by atoms with E-state index < -0.39 is 11.7 Å². The minimum Gasteiger partial charge on any atom is -0.396 e. The van der Waals surface area contributed by atoms with Gasteiger partial charge < -0.3 is 29.8 Å². The Hall–Kier alpha value is -2.02. The molecule has 1 saturated heterocycles. The van der Waals surface area contributed by atoms with Gasteiger partial charge in [-0.05, 0) is 66.5 Å². The van der Waals surface area contributed by atoms with Gasteiger partial charge in [-0.2, -0.15) is 0 Å². The van der Waals surface area contributed by atoms with Crippen LogP contribution >= 0.6 is 22.6 Å². The number of anilines is 2. The van der Waals surface area contributed by atoms with E-state index in [1.807, 2.05) is 22.6 Å². The molecule has 1 atom stereocenters. The average molecular weight is 559 g/mol. The van der Waals surface area contributed by atoms with E-state index in [0.717, 1.165) is 22.8 Å². The SMILES string of the molecule is O=C(NCCCO)c1cn(CCOC2CCCCO2)c(=O)cc1Nc1ccc(I)cc1F. The van der Waals surface area contributed by atoms with Crippen LogP contribution in [0.5, 0.6) is 0 Å². The van der Waals surface area contributed by atoms with Gasteiger partial charge >= 0.3 is 0 Å². The Bertz CT molecular complexity index is 979. The molecule has 8 nitrogen and oxygen atoms in total. The fraction of sp³-hybridized carbons (Fsp3) is 0.455. The van der Waals surface area contributed by atoms with Crippen molar-refractivity contribution in [2.24, 2.45) is 0 Å². The Morgan fingerprint density at radius 2 is 2.16 bits per heavy atom. The van der Waals surface area contributed by atoms with Gasteiger partial charge in [-0.1, -0.05) is 0 Å². The molecule has 0 aliphatic carbocycles. The summed E-state index contributed by atoms with van der Waals surface area (Å²) < 4.78 is 27.7. The number of aliphatic hydroxyl groups is 1. The summed E-state index contributed by atoms with van der Waals surface area (Å²) in [7, 11) is 0. The molecule has 1 fully saturated rings. The largest absolute Gasteiger partial charge is 0.396 e. The summed E-state index contributed by atoms with van der Waals surface area (Å²) in [4.78, 5) is 25.4. The summed E-state index contributed by atoms with van der Waals surface area (Å²) in [6.07, 6.45) is 4.44. The van der Waals surface area contributed by atoms with Crippen LogP contribution < -0.4 is 16.2 Å². The van der Waals surface area contributed by atoms with Gasteiger partial charge in [0.15, 0.2) is 6.29 Å². The van der Waals surface area contributed by atoms with Crippen molar-refractivity contribution in [1.29, 1.82) is 0 Å². The van der Waals surface area contributed by atoms with E-state index in [2.05, 4.69) is 10.6 Å². The van der Waals surface area contributed by atoms with E-state index in [-0.39, 0.29) is 55.1 Å². The lowest BCUT2D eigenvalue weighted by Gasteiger charge is -2.23.